The molecule has 1 N–H and O–H groups in total. The monoisotopic (exact) mass is 156 g/mol. The Labute approximate surface area is 61.5 Å². The van der Waals surface area contributed by atoms with Crippen molar-refractivity contribution < 1.29 is 9.31 Å². The van der Waals surface area contributed by atoms with E-state index in [-0.39, 0.29) is 0 Å². The zero-order chi connectivity index (χ0) is 8.27. The SMILES string of the molecule is O=[N+]([O-])/C=C/c1cc(F)c[nH]1. The molecule has 0 radical (unpaired) electrons. The van der Waals surface area contributed by atoms with Crippen LogP contribution in [0.4, 0.5) is 4.39 Å². The molecule has 0 atom stereocenters. The molecule has 0 aliphatic carbocycles. The Morgan fingerprint density at radius 3 is 2.91 bits per heavy atom. The van der Waals surface area contributed by atoms with Crippen molar-refractivity contribution >= 4 is 6.08 Å². The molecule has 58 valence electrons. The molecule has 1 rings (SSSR count). The summed E-state index contributed by atoms with van der Waals surface area (Å²) in [4.78, 5) is 11.7. The zero-order valence-corrected chi connectivity index (χ0v) is 5.45. The molecular weight excluding hydrogens is 151 g/mol. The molecule has 0 spiro atoms. The maximum Gasteiger partial charge on any atom is 0.236 e. The lowest BCUT2D eigenvalue weighted by Crippen LogP contribution is -1.81. The van der Waals surface area contributed by atoms with Gasteiger partial charge in [-0.3, -0.25) is 10.1 Å². The molecule has 0 aliphatic heterocycles. The van der Waals surface area contributed by atoms with Crippen molar-refractivity contribution in [2.45, 2.75) is 0 Å². The number of nitrogens with zero attached hydrogens (tertiary/aromatic N) is 1. The molecule has 0 saturated heterocycles. The van der Waals surface area contributed by atoms with Crippen LogP contribution in [0.5, 0.6) is 0 Å². The first-order valence-electron chi connectivity index (χ1n) is 2.84. The number of aromatic amines is 1. The van der Waals surface area contributed by atoms with Crippen LogP contribution in [0.3, 0.4) is 0 Å². The van der Waals surface area contributed by atoms with Crippen molar-refractivity contribution in [3.63, 3.8) is 0 Å². The summed E-state index contributed by atoms with van der Waals surface area (Å²) in [7, 11) is 0. The maximum absolute atomic E-state index is 12.2. The Hall–Kier alpha value is -1.65. The van der Waals surface area contributed by atoms with E-state index in [0.717, 1.165) is 12.4 Å². The molecule has 0 aliphatic rings. The molecule has 1 aromatic heterocycles. The molecule has 1 heterocycles. The Morgan fingerprint density at radius 2 is 2.45 bits per heavy atom. The van der Waals surface area contributed by atoms with Gasteiger partial charge in [-0.1, -0.05) is 0 Å². The van der Waals surface area contributed by atoms with Gasteiger partial charge < -0.3 is 4.98 Å². The van der Waals surface area contributed by atoms with Crippen molar-refractivity contribution in [1.29, 1.82) is 0 Å². The van der Waals surface area contributed by atoms with Crippen LogP contribution in [-0.2, 0) is 0 Å². The van der Waals surface area contributed by atoms with Gasteiger partial charge in [-0.05, 0) is 6.07 Å². The van der Waals surface area contributed by atoms with Crippen LogP contribution in [0.1, 0.15) is 5.69 Å². The third-order valence-electron chi connectivity index (χ3n) is 1.05. The highest BCUT2D eigenvalue weighted by Crippen LogP contribution is 2.02. The van der Waals surface area contributed by atoms with Gasteiger partial charge in [-0.25, -0.2) is 4.39 Å². The minimum atomic E-state index is -0.612. The van der Waals surface area contributed by atoms with Crippen LogP contribution in [0.15, 0.2) is 18.5 Å². The second kappa shape index (κ2) is 2.96. The summed E-state index contributed by atoms with van der Waals surface area (Å²) in [5.74, 6) is -0.437. The van der Waals surface area contributed by atoms with E-state index in [0.29, 0.717) is 5.69 Å². The van der Waals surface area contributed by atoms with Gasteiger partial charge in [-0.15, -0.1) is 0 Å². The van der Waals surface area contributed by atoms with Gasteiger partial charge in [0.25, 0.3) is 0 Å². The number of aromatic nitrogens is 1. The molecular formula is C6H5FN2O2. The Kier molecular flexibility index (Phi) is 2.00. The normalized spacial score (nSPS) is 10.6. The number of hydrogen-bond donors (Lipinski definition) is 1. The van der Waals surface area contributed by atoms with Gasteiger partial charge in [0.05, 0.1) is 4.92 Å². The second-order valence-electron chi connectivity index (χ2n) is 1.87. The molecule has 0 bridgehead atoms. The van der Waals surface area contributed by atoms with Gasteiger partial charge in [0.1, 0.15) is 5.82 Å². The standard InChI is InChI=1S/C6H5FN2O2/c7-5-3-6(8-4-5)1-2-9(10)11/h1-4,8H/b2-1+. The highest BCUT2D eigenvalue weighted by Gasteiger charge is 1.94. The quantitative estimate of drug-likeness (QED) is 0.519. The summed E-state index contributed by atoms with van der Waals surface area (Å²) in [5.41, 5.74) is 0.374. The fraction of sp³-hybridized carbons (Fsp3) is 0. The lowest BCUT2D eigenvalue weighted by atomic mass is 10.4. The van der Waals surface area contributed by atoms with Crippen molar-refractivity contribution in [1.82, 2.24) is 4.98 Å². The van der Waals surface area contributed by atoms with Crippen LogP contribution >= 0.6 is 0 Å². The van der Waals surface area contributed by atoms with Gasteiger partial charge in [-0.2, -0.15) is 0 Å². The minimum Gasteiger partial charge on any atom is -0.359 e. The first-order valence-corrected chi connectivity index (χ1v) is 2.84. The second-order valence-corrected chi connectivity index (χ2v) is 1.87. The number of nitrogens with one attached hydrogen (secondary N) is 1. The summed E-state index contributed by atoms with van der Waals surface area (Å²) >= 11 is 0. The van der Waals surface area contributed by atoms with Crippen molar-refractivity contribution in [3.8, 4) is 0 Å². The van der Waals surface area contributed by atoms with E-state index in [2.05, 4.69) is 4.98 Å². The topological polar surface area (TPSA) is 58.9 Å². The lowest BCUT2D eigenvalue weighted by Gasteiger charge is -1.78. The highest BCUT2D eigenvalue weighted by atomic mass is 19.1. The predicted octanol–water partition coefficient (Wildman–Crippen LogP) is 1.40. The number of nitro groups is 1. The molecule has 0 amide bonds. The minimum absolute atomic E-state index is 0.374. The number of halogens is 1. The van der Waals surface area contributed by atoms with Gasteiger partial charge in [0.15, 0.2) is 0 Å². The van der Waals surface area contributed by atoms with E-state index in [1.165, 1.54) is 12.1 Å². The van der Waals surface area contributed by atoms with Crippen LogP contribution in [0.2, 0.25) is 0 Å². The van der Waals surface area contributed by atoms with E-state index in [4.69, 9.17) is 0 Å². The fourth-order valence-electron chi connectivity index (χ4n) is 0.622. The van der Waals surface area contributed by atoms with Crippen molar-refractivity contribution in [3.05, 3.63) is 40.1 Å². The Balaban J connectivity index is 2.71. The van der Waals surface area contributed by atoms with Crippen LogP contribution in [-0.4, -0.2) is 9.91 Å². The fourth-order valence-corrected chi connectivity index (χ4v) is 0.622. The van der Waals surface area contributed by atoms with Gasteiger partial charge >= 0.3 is 0 Å². The Bertz CT molecular complexity index is 293. The molecule has 0 fully saturated rings. The molecule has 0 aromatic carbocycles. The Morgan fingerprint density at radius 1 is 1.73 bits per heavy atom. The van der Waals surface area contributed by atoms with Crippen LogP contribution in [0, 0.1) is 15.9 Å². The van der Waals surface area contributed by atoms with E-state index in [1.54, 1.807) is 0 Å². The third kappa shape index (κ3) is 2.21. The first kappa shape index (κ1) is 7.46. The average Bonchev–Trinajstić information content (AvgIpc) is 2.31. The van der Waals surface area contributed by atoms with E-state index >= 15 is 0 Å². The van der Waals surface area contributed by atoms with E-state index in [9.17, 15) is 14.5 Å². The lowest BCUT2D eigenvalue weighted by molar-refractivity contribution is -0.401. The van der Waals surface area contributed by atoms with Crippen molar-refractivity contribution in [2.75, 3.05) is 0 Å². The predicted molar refractivity (Wildman–Crippen MR) is 36.8 cm³/mol. The van der Waals surface area contributed by atoms with Crippen LogP contribution in [0.25, 0.3) is 6.08 Å². The first-order chi connectivity index (χ1) is 5.18. The molecule has 0 unspecified atom stereocenters. The smallest absolute Gasteiger partial charge is 0.236 e. The molecule has 1 aromatic rings. The van der Waals surface area contributed by atoms with Gasteiger partial charge in [0.2, 0.25) is 6.20 Å². The molecule has 4 nitrogen and oxygen atoms in total. The molecule has 11 heavy (non-hydrogen) atoms. The van der Waals surface area contributed by atoms with Gasteiger partial charge in [0, 0.05) is 18.0 Å². The zero-order valence-electron chi connectivity index (χ0n) is 5.45. The van der Waals surface area contributed by atoms with Crippen molar-refractivity contribution in [2.24, 2.45) is 0 Å². The number of hydrogen-bond acceptors (Lipinski definition) is 2. The maximum atomic E-state index is 12.2. The summed E-state index contributed by atoms with van der Waals surface area (Å²) < 4.78 is 12.2. The molecule has 0 saturated carbocycles. The third-order valence-corrected chi connectivity index (χ3v) is 1.05. The van der Waals surface area contributed by atoms with Crippen LogP contribution < -0.4 is 0 Å². The summed E-state index contributed by atoms with van der Waals surface area (Å²) in [6.45, 7) is 0. The van der Waals surface area contributed by atoms with E-state index < -0.39 is 10.7 Å². The van der Waals surface area contributed by atoms with E-state index in [1.807, 2.05) is 0 Å². The summed E-state index contributed by atoms with van der Waals surface area (Å²) in [6, 6.07) is 1.17. The highest BCUT2D eigenvalue weighted by molar-refractivity contribution is 5.42. The summed E-state index contributed by atoms with van der Waals surface area (Å²) in [6.07, 6.45) is 3.05. The summed E-state index contributed by atoms with van der Waals surface area (Å²) in [5, 5.41) is 9.79. The number of H-pyrrole nitrogens is 1. The molecule has 5 heteroatoms. The average molecular weight is 156 g/mol. The number of rotatable bonds is 2. The largest absolute Gasteiger partial charge is 0.359 e.